The molecule has 5 nitrogen and oxygen atoms in total. The number of fused-ring (bicyclic) bond motifs is 1. The summed E-state index contributed by atoms with van der Waals surface area (Å²) in [6.45, 7) is 6.75. The van der Waals surface area contributed by atoms with Crippen LogP contribution in [0, 0.1) is 0 Å². The summed E-state index contributed by atoms with van der Waals surface area (Å²) in [4.78, 5) is 2.38. The number of nitrogens with zero attached hydrogens (tertiary/aromatic N) is 1. The quantitative estimate of drug-likeness (QED) is 0.899. The maximum atomic E-state index is 6.34. The Bertz CT molecular complexity index is 466. The van der Waals surface area contributed by atoms with Crippen LogP contribution in [0.15, 0.2) is 18.2 Å². The van der Waals surface area contributed by atoms with Crippen molar-refractivity contribution in [3.63, 3.8) is 0 Å². The van der Waals surface area contributed by atoms with Gasteiger partial charge >= 0.3 is 0 Å². The second-order valence-electron chi connectivity index (χ2n) is 5.43. The molecule has 0 amide bonds. The van der Waals surface area contributed by atoms with Gasteiger partial charge in [0, 0.05) is 25.2 Å². The summed E-state index contributed by atoms with van der Waals surface area (Å²) in [6.07, 6.45) is 0. The van der Waals surface area contributed by atoms with Crippen molar-refractivity contribution in [2.75, 3.05) is 39.5 Å². The van der Waals surface area contributed by atoms with Gasteiger partial charge in [0.25, 0.3) is 0 Å². The van der Waals surface area contributed by atoms with Gasteiger partial charge in [0.1, 0.15) is 13.2 Å². The number of rotatable bonds is 3. The Morgan fingerprint density at radius 2 is 2.05 bits per heavy atom. The Morgan fingerprint density at radius 3 is 2.85 bits per heavy atom. The highest BCUT2D eigenvalue weighted by molar-refractivity contribution is 5.44. The molecule has 2 aliphatic rings. The van der Waals surface area contributed by atoms with Gasteiger partial charge in [-0.2, -0.15) is 0 Å². The van der Waals surface area contributed by atoms with E-state index >= 15 is 0 Å². The second-order valence-corrected chi connectivity index (χ2v) is 5.43. The van der Waals surface area contributed by atoms with E-state index in [1.54, 1.807) is 0 Å². The molecule has 0 radical (unpaired) electrons. The van der Waals surface area contributed by atoms with Gasteiger partial charge in [-0.3, -0.25) is 4.90 Å². The predicted molar refractivity (Wildman–Crippen MR) is 76.2 cm³/mol. The van der Waals surface area contributed by atoms with Gasteiger partial charge in [0.2, 0.25) is 0 Å². The molecule has 20 heavy (non-hydrogen) atoms. The third kappa shape index (κ3) is 2.90. The molecular formula is C15H22N2O3. The Hall–Kier alpha value is -1.30. The number of benzene rings is 1. The van der Waals surface area contributed by atoms with Gasteiger partial charge in [0.15, 0.2) is 11.5 Å². The molecule has 0 aromatic heterocycles. The van der Waals surface area contributed by atoms with Crippen LogP contribution in [0.3, 0.4) is 0 Å². The van der Waals surface area contributed by atoms with Crippen molar-refractivity contribution in [1.82, 2.24) is 4.90 Å². The molecule has 2 atom stereocenters. The standard InChI is InChI=1S/C15H22N2O3/c1-11-10-18-5-4-17(11)9-13(16)12-2-3-14-15(8-12)20-7-6-19-14/h2-3,8,11,13H,4-7,9-10,16H2,1H3. The predicted octanol–water partition coefficient (Wildman–Crippen LogP) is 1.18. The molecule has 1 aromatic rings. The Labute approximate surface area is 119 Å². The lowest BCUT2D eigenvalue weighted by Crippen LogP contribution is -2.46. The van der Waals surface area contributed by atoms with E-state index in [1.165, 1.54) is 0 Å². The van der Waals surface area contributed by atoms with Crippen molar-refractivity contribution in [2.45, 2.75) is 19.0 Å². The number of morpholine rings is 1. The van der Waals surface area contributed by atoms with Crippen molar-refractivity contribution < 1.29 is 14.2 Å². The van der Waals surface area contributed by atoms with Crippen LogP contribution in [-0.2, 0) is 4.74 Å². The second kappa shape index (κ2) is 5.99. The molecule has 3 rings (SSSR count). The normalized spacial score (nSPS) is 24.4. The number of hydrogen-bond acceptors (Lipinski definition) is 5. The molecule has 0 spiro atoms. The van der Waals surface area contributed by atoms with Gasteiger partial charge in [0.05, 0.1) is 13.2 Å². The molecule has 0 saturated carbocycles. The van der Waals surface area contributed by atoms with E-state index in [0.29, 0.717) is 19.3 Å². The van der Waals surface area contributed by atoms with E-state index in [-0.39, 0.29) is 6.04 Å². The number of nitrogens with two attached hydrogens (primary N) is 1. The van der Waals surface area contributed by atoms with E-state index in [4.69, 9.17) is 19.9 Å². The van der Waals surface area contributed by atoms with E-state index < -0.39 is 0 Å². The Morgan fingerprint density at radius 1 is 1.25 bits per heavy atom. The Balaban J connectivity index is 1.68. The van der Waals surface area contributed by atoms with Gasteiger partial charge in [-0.1, -0.05) is 6.07 Å². The lowest BCUT2D eigenvalue weighted by molar-refractivity contribution is -0.00282. The molecule has 0 bridgehead atoms. The minimum atomic E-state index is -0.0219. The van der Waals surface area contributed by atoms with Crippen molar-refractivity contribution in [1.29, 1.82) is 0 Å². The molecular weight excluding hydrogens is 256 g/mol. The molecule has 5 heteroatoms. The van der Waals surface area contributed by atoms with Crippen LogP contribution in [0.4, 0.5) is 0 Å². The average molecular weight is 278 g/mol. The van der Waals surface area contributed by atoms with Crippen LogP contribution in [-0.4, -0.2) is 50.5 Å². The summed E-state index contributed by atoms with van der Waals surface area (Å²) in [6, 6.07) is 6.39. The summed E-state index contributed by atoms with van der Waals surface area (Å²) in [7, 11) is 0. The van der Waals surface area contributed by atoms with Gasteiger partial charge in [-0.25, -0.2) is 0 Å². The van der Waals surface area contributed by atoms with Crippen LogP contribution in [0.2, 0.25) is 0 Å². The first kappa shape index (κ1) is 13.7. The van der Waals surface area contributed by atoms with Gasteiger partial charge < -0.3 is 19.9 Å². The zero-order valence-electron chi connectivity index (χ0n) is 11.9. The lowest BCUT2D eigenvalue weighted by Gasteiger charge is -2.35. The topological polar surface area (TPSA) is 57.0 Å². The summed E-state index contributed by atoms with van der Waals surface area (Å²) in [5, 5.41) is 0. The molecule has 110 valence electrons. The summed E-state index contributed by atoms with van der Waals surface area (Å²) in [5.41, 5.74) is 7.43. The van der Waals surface area contributed by atoms with E-state index in [1.807, 2.05) is 18.2 Å². The van der Waals surface area contributed by atoms with Crippen LogP contribution >= 0.6 is 0 Å². The highest BCUT2D eigenvalue weighted by Crippen LogP contribution is 2.32. The first-order valence-electron chi connectivity index (χ1n) is 7.21. The van der Waals surface area contributed by atoms with Crippen molar-refractivity contribution in [3.8, 4) is 11.5 Å². The minimum Gasteiger partial charge on any atom is -0.486 e. The lowest BCUT2D eigenvalue weighted by atomic mass is 10.1. The first-order valence-corrected chi connectivity index (χ1v) is 7.21. The summed E-state index contributed by atoms with van der Waals surface area (Å²) >= 11 is 0. The maximum Gasteiger partial charge on any atom is 0.161 e. The van der Waals surface area contributed by atoms with Crippen LogP contribution in [0.5, 0.6) is 11.5 Å². The van der Waals surface area contributed by atoms with Crippen molar-refractivity contribution in [2.24, 2.45) is 5.73 Å². The van der Waals surface area contributed by atoms with Crippen LogP contribution in [0.25, 0.3) is 0 Å². The molecule has 1 fully saturated rings. The van der Waals surface area contributed by atoms with E-state index in [9.17, 15) is 0 Å². The Kier molecular flexibility index (Phi) is 4.10. The first-order chi connectivity index (χ1) is 9.74. The van der Waals surface area contributed by atoms with Crippen LogP contribution < -0.4 is 15.2 Å². The molecule has 2 N–H and O–H groups in total. The highest BCUT2D eigenvalue weighted by atomic mass is 16.6. The summed E-state index contributed by atoms with van der Waals surface area (Å²) < 4.78 is 16.6. The van der Waals surface area contributed by atoms with Crippen molar-refractivity contribution in [3.05, 3.63) is 23.8 Å². The third-order valence-corrected chi connectivity index (χ3v) is 3.93. The van der Waals surface area contributed by atoms with Crippen LogP contribution in [0.1, 0.15) is 18.5 Å². The number of hydrogen-bond donors (Lipinski definition) is 1. The fourth-order valence-electron chi connectivity index (χ4n) is 2.68. The highest BCUT2D eigenvalue weighted by Gasteiger charge is 2.22. The zero-order chi connectivity index (χ0) is 13.9. The fourth-order valence-corrected chi connectivity index (χ4v) is 2.68. The van der Waals surface area contributed by atoms with Gasteiger partial charge in [-0.15, -0.1) is 0 Å². The largest absolute Gasteiger partial charge is 0.486 e. The summed E-state index contributed by atoms with van der Waals surface area (Å²) in [5.74, 6) is 1.62. The minimum absolute atomic E-state index is 0.0219. The fraction of sp³-hybridized carbons (Fsp3) is 0.600. The molecule has 2 aliphatic heterocycles. The smallest absolute Gasteiger partial charge is 0.161 e. The molecule has 2 unspecified atom stereocenters. The molecule has 0 aliphatic carbocycles. The molecule has 1 saturated heterocycles. The van der Waals surface area contributed by atoms with Gasteiger partial charge in [-0.05, 0) is 24.6 Å². The van der Waals surface area contributed by atoms with Crippen molar-refractivity contribution >= 4 is 0 Å². The SMILES string of the molecule is CC1COCCN1CC(N)c1ccc2c(c1)OCCO2. The zero-order valence-corrected chi connectivity index (χ0v) is 11.9. The molecule has 1 aromatic carbocycles. The maximum absolute atomic E-state index is 6.34. The average Bonchev–Trinajstić information content (AvgIpc) is 2.49. The van der Waals surface area contributed by atoms with E-state index in [0.717, 1.165) is 43.4 Å². The third-order valence-electron chi connectivity index (χ3n) is 3.93. The number of ether oxygens (including phenoxy) is 3. The van der Waals surface area contributed by atoms with E-state index in [2.05, 4.69) is 11.8 Å². The monoisotopic (exact) mass is 278 g/mol. The molecule has 2 heterocycles.